The molecule has 1 aliphatic rings. The second-order valence-electron chi connectivity index (χ2n) is 9.68. The summed E-state index contributed by atoms with van der Waals surface area (Å²) < 4.78 is 46.4. The molecular formula is C29H27F3N4O3. The third-order valence-corrected chi connectivity index (χ3v) is 6.90. The molecule has 1 saturated heterocycles. The van der Waals surface area contributed by atoms with Gasteiger partial charge in [-0.25, -0.2) is 4.98 Å². The van der Waals surface area contributed by atoms with Gasteiger partial charge in [-0.15, -0.1) is 0 Å². The Labute approximate surface area is 222 Å². The Morgan fingerprint density at radius 1 is 1.05 bits per heavy atom. The number of hydrogen-bond donors (Lipinski definition) is 1. The quantitative estimate of drug-likeness (QED) is 0.303. The number of benzene rings is 1. The summed E-state index contributed by atoms with van der Waals surface area (Å²) in [5.41, 5.74) is 1.49. The summed E-state index contributed by atoms with van der Waals surface area (Å²) in [7, 11) is 0. The highest BCUT2D eigenvalue weighted by Crippen LogP contribution is 2.31. The molecule has 3 aromatic heterocycles. The van der Waals surface area contributed by atoms with Crippen LogP contribution in [0, 0.1) is 6.92 Å². The number of imidazole rings is 1. The van der Waals surface area contributed by atoms with Crippen molar-refractivity contribution < 1.29 is 27.2 Å². The molecule has 0 saturated carbocycles. The van der Waals surface area contributed by atoms with Gasteiger partial charge in [0.15, 0.2) is 0 Å². The first-order chi connectivity index (χ1) is 18.6. The number of fused-ring (bicyclic) bond motifs is 1. The van der Waals surface area contributed by atoms with Crippen molar-refractivity contribution in [1.82, 2.24) is 14.3 Å². The van der Waals surface area contributed by atoms with Gasteiger partial charge in [0.2, 0.25) is 0 Å². The molecule has 1 N–H and O–H groups in total. The fourth-order valence-corrected chi connectivity index (χ4v) is 4.80. The Kier molecular flexibility index (Phi) is 7.03. The maximum atomic E-state index is 13.3. The summed E-state index contributed by atoms with van der Waals surface area (Å²) in [6.45, 7) is 4.50. The molecule has 7 nitrogen and oxygen atoms in total. The molecule has 39 heavy (non-hydrogen) atoms. The minimum atomic E-state index is -4.55. The number of carbonyl (C=O) groups is 2. The van der Waals surface area contributed by atoms with Crippen LogP contribution in [0.1, 0.15) is 58.9 Å². The minimum Gasteiger partial charge on any atom is -0.462 e. The summed E-state index contributed by atoms with van der Waals surface area (Å²) in [6, 6.07) is 15.0. The lowest BCUT2D eigenvalue weighted by atomic mass is 9.89. The van der Waals surface area contributed by atoms with Crippen LogP contribution >= 0.6 is 0 Å². The van der Waals surface area contributed by atoms with E-state index in [1.807, 2.05) is 37.3 Å². The van der Waals surface area contributed by atoms with Crippen LogP contribution in [0.3, 0.4) is 0 Å². The third kappa shape index (κ3) is 5.74. The fraction of sp³-hybridized carbons (Fsp3) is 0.276. The van der Waals surface area contributed by atoms with Gasteiger partial charge in [-0.3, -0.25) is 14.0 Å². The maximum Gasteiger partial charge on any atom is 0.431 e. The molecule has 0 aliphatic carbocycles. The summed E-state index contributed by atoms with van der Waals surface area (Å²) in [4.78, 5) is 31.3. The molecule has 0 unspecified atom stereocenters. The van der Waals surface area contributed by atoms with Gasteiger partial charge >= 0.3 is 6.18 Å². The van der Waals surface area contributed by atoms with Gasteiger partial charge in [-0.1, -0.05) is 18.2 Å². The van der Waals surface area contributed by atoms with Gasteiger partial charge in [0, 0.05) is 30.5 Å². The molecule has 10 heteroatoms. The molecule has 1 aromatic carbocycles. The van der Waals surface area contributed by atoms with Crippen molar-refractivity contribution in [1.29, 1.82) is 0 Å². The van der Waals surface area contributed by atoms with Gasteiger partial charge in [0.05, 0.1) is 0 Å². The van der Waals surface area contributed by atoms with E-state index in [4.69, 9.17) is 4.42 Å². The van der Waals surface area contributed by atoms with Crippen molar-refractivity contribution in [3.05, 3.63) is 94.8 Å². The number of anilines is 1. The average molecular weight is 537 g/mol. The summed E-state index contributed by atoms with van der Waals surface area (Å²) in [5, 5.41) is 2.88. The van der Waals surface area contributed by atoms with Crippen molar-refractivity contribution in [2.75, 3.05) is 18.4 Å². The topological polar surface area (TPSA) is 79.9 Å². The van der Waals surface area contributed by atoms with E-state index in [2.05, 4.69) is 10.3 Å². The highest BCUT2D eigenvalue weighted by Gasteiger charge is 2.34. The van der Waals surface area contributed by atoms with E-state index in [9.17, 15) is 22.8 Å². The third-order valence-electron chi connectivity index (χ3n) is 6.90. The largest absolute Gasteiger partial charge is 0.462 e. The van der Waals surface area contributed by atoms with Crippen molar-refractivity contribution >= 4 is 29.2 Å². The number of furan rings is 1. The molecule has 1 aliphatic heterocycles. The number of piperidine rings is 1. The number of nitrogens with one attached hydrogen (secondary N) is 1. The van der Waals surface area contributed by atoms with E-state index in [1.165, 1.54) is 12.1 Å². The zero-order chi connectivity index (χ0) is 27.7. The highest BCUT2D eigenvalue weighted by molar-refractivity contribution is 6.06. The normalized spacial score (nSPS) is 15.1. The standard InChI is InChI=1S/C29H27F3N4O3/c1-18(16-23-11-6-19(2)39-23)27(37)33-22-9-7-20(8-10-22)21-12-14-35(15-13-21)28(38)24-17-36-25(29(30,31)32)4-3-5-26(36)34-24/h3-11,16-17,21H,12-15H2,1-2H3,(H,33,37)/b18-16+. The van der Waals surface area contributed by atoms with Crippen LogP contribution in [0.15, 0.2) is 70.8 Å². The molecule has 0 radical (unpaired) electrons. The van der Waals surface area contributed by atoms with Crippen LogP contribution in [-0.4, -0.2) is 39.2 Å². The Morgan fingerprint density at radius 2 is 1.77 bits per heavy atom. The Balaban J connectivity index is 1.18. The molecule has 2 amide bonds. The zero-order valence-corrected chi connectivity index (χ0v) is 21.5. The second-order valence-corrected chi connectivity index (χ2v) is 9.68. The number of aryl methyl sites for hydroxylation is 1. The molecular weight excluding hydrogens is 509 g/mol. The van der Waals surface area contributed by atoms with Gasteiger partial charge in [-0.2, -0.15) is 13.2 Å². The smallest absolute Gasteiger partial charge is 0.431 e. The Morgan fingerprint density at radius 3 is 2.41 bits per heavy atom. The lowest BCUT2D eigenvalue weighted by molar-refractivity contribution is -0.142. The predicted molar refractivity (Wildman–Crippen MR) is 140 cm³/mol. The maximum absolute atomic E-state index is 13.3. The lowest BCUT2D eigenvalue weighted by Crippen LogP contribution is -2.38. The molecule has 1 fully saturated rings. The summed E-state index contributed by atoms with van der Waals surface area (Å²) in [5.74, 6) is 1.01. The molecule has 0 spiro atoms. The number of nitrogens with zero attached hydrogens (tertiary/aromatic N) is 3. The molecule has 202 valence electrons. The van der Waals surface area contributed by atoms with Gasteiger partial charge in [0.25, 0.3) is 11.8 Å². The first-order valence-corrected chi connectivity index (χ1v) is 12.6. The van der Waals surface area contributed by atoms with E-state index in [-0.39, 0.29) is 29.1 Å². The first kappa shape index (κ1) is 26.3. The highest BCUT2D eigenvalue weighted by atomic mass is 19.4. The number of carbonyl (C=O) groups excluding carboxylic acids is 2. The van der Waals surface area contributed by atoms with Crippen LogP contribution < -0.4 is 5.32 Å². The van der Waals surface area contributed by atoms with Gasteiger partial charge in [0.1, 0.15) is 28.6 Å². The molecule has 0 atom stereocenters. The molecule has 5 rings (SSSR count). The average Bonchev–Trinajstić information content (AvgIpc) is 3.54. The zero-order valence-electron chi connectivity index (χ0n) is 21.5. The number of alkyl halides is 3. The van der Waals surface area contributed by atoms with Gasteiger partial charge < -0.3 is 14.6 Å². The summed E-state index contributed by atoms with van der Waals surface area (Å²) >= 11 is 0. The van der Waals surface area contributed by atoms with Crippen molar-refractivity contribution in [3.8, 4) is 0 Å². The number of rotatable bonds is 5. The van der Waals surface area contributed by atoms with Crippen molar-refractivity contribution in [3.63, 3.8) is 0 Å². The van der Waals surface area contributed by atoms with Crippen LogP contribution in [0.2, 0.25) is 0 Å². The van der Waals surface area contributed by atoms with E-state index < -0.39 is 11.9 Å². The van der Waals surface area contributed by atoms with Gasteiger partial charge in [-0.05, 0) is 80.6 Å². The second kappa shape index (κ2) is 10.4. The predicted octanol–water partition coefficient (Wildman–Crippen LogP) is 6.32. The Bertz CT molecular complexity index is 1540. The van der Waals surface area contributed by atoms with Crippen molar-refractivity contribution in [2.45, 2.75) is 38.8 Å². The van der Waals surface area contributed by atoms with E-state index in [1.54, 1.807) is 24.0 Å². The van der Waals surface area contributed by atoms with Crippen LogP contribution in [0.5, 0.6) is 0 Å². The van der Waals surface area contributed by atoms with Crippen LogP contribution in [0.25, 0.3) is 11.7 Å². The van der Waals surface area contributed by atoms with Crippen LogP contribution in [0.4, 0.5) is 18.9 Å². The van der Waals surface area contributed by atoms with Crippen LogP contribution in [-0.2, 0) is 11.0 Å². The summed E-state index contributed by atoms with van der Waals surface area (Å²) in [6.07, 6.45) is -0.280. The SMILES string of the molecule is C/C(=C\c1ccc(C)o1)C(=O)Nc1ccc(C2CCN(C(=O)c3cn4c(C(F)(F)F)cccc4n3)CC2)cc1. The van der Waals surface area contributed by atoms with E-state index in [0.717, 1.165) is 28.0 Å². The molecule has 4 aromatic rings. The number of aromatic nitrogens is 2. The number of likely N-dealkylation sites (tertiary alicyclic amines) is 1. The monoisotopic (exact) mass is 536 g/mol. The molecule has 0 bridgehead atoms. The first-order valence-electron chi connectivity index (χ1n) is 12.6. The fourth-order valence-electron chi connectivity index (χ4n) is 4.80. The number of pyridine rings is 1. The lowest BCUT2D eigenvalue weighted by Gasteiger charge is -2.32. The number of amides is 2. The van der Waals surface area contributed by atoms with E-state index >= 15 is 0 Å². The van der Waals surface area contributed by atoms with Crippen molar-refractivity contribution in [2.24, 2.45) is 0 Å². The number of halogens is 3. The molecule has 4 heterocycles. The minimum absolute atomic E-state index is 0.00299. The number of hydrogen-bond acceptors (Lipinski definition) is 4. The van der Waals surface area contributed by atoms with E-state index in [0.29, 0.717) is 43.0 Å². The Hall–Kier alpha value is -4.34.